The van der Waals surface area contributed by atoms with Gasteiger partial charge in [-0.3, -0.25) is 4.68 Å². The molecule has 4 heterocycles. The van der Waals surface area contributed by atoms with Crippen LogP contribution in [-0.4, -0.2) is 35.9 Å². The normalized spacial score (nSPS) is 14.0. The molecule has 7 nitrogen and oxygen atoms in total. The summed E-state index contributed by atoms with van der Waals surface area (Å²) in [7, 11) is 2.01. The average molecular weight is 405 g/mol. The lowest BCUT2D eigenvalue weighted by Gasteiger charge is -2.29. The second kappa shape index (κ2) is 6.90. The van der Waals surface area contributed by atoms with Crippen molar-refractivity contribution in [3.8, 4) is 11.3 Å². The lowest BCUT2D eigenvalue weighted by Crippen LogP contribution is -2.32. The summed E-state index contributed by atoms with van der Waals surface area (Å²) in [4.78, 5) is 11.5. The minimum atomic E-state index is -0.303. The number of anilines is 1. The third kappa shape index (κ3) is 2.78. The molecule has 0 saturated heterocycles. The van der Waals surface area contributed by atoms with Gasteiger partial charge in [0.25, 0.3) is 0 Å². The molecule has 0 unspecified atom stereocenters. The van der Waals surface area contributed by atoms with Crippen LogP contribution >= 0.6 is 0 Å². The number of rotatable bonds is 3. The first kappa shape index (κ1) is 18.7. The van der Waals surface area contributed by atoms with E-state index in [0.717, 1.165) is 30.0 Å². The summed E-state index contributed by atoms with van der Waals surface area (Å²) in [6.07, 6.45) is 2.42. The molecule has 0 radical (unpaired) electrons. The minimum absolute atomic E-state index is 0.303. The molecule has 0 saturated carbocycles. The molecule has 30 heavy (non-hydrogen) atoms. The maximum atomic E-state index is 14.6. The average Bonchev–Trinajstić information content (AvgIpc) is 3.25. The molecule has 1 aliphatic heterocycles. The van der Waals surface area contributed by atoms with Crippen LogP contribution in [0.3, 0.4) is 0 Å². The second-order valence-electron chi connectivity index (χ2n) is 8.09. The molecular formula is C22H24FN7. The highest BCUT2D eigenvalue weighted by Crippen LogP contribution is 2.35. The van der Waals surface area contributed by atoms with Crippen LogP contribution in [0.5, 0.6) is 0 Å². The first-order chi connectivity index (χ1) is 14.5. The van der Waals surface area contributed by atoms with Crippen molar-refractivity contribution in [2.24, 2.45) is 7.05 Å². The molecule has 4 aromatic rings. The third-order valence-electron chi connectivity index (χ3n) is 5.82. The van der Waals surface area contributed by atoms with Crippen molar-refractivity contribution in [2.75, 3.05) is 11.4 Å². The number of fused-ring (bicyclic) bond motifs is 2. The van der Waals surface area contributed by atoms with Crippen molar-refractivity contribution in [1.29, 1.82) is 0 Å². The lowest BCUT2D eigenvalue weighted by atomic mass is 9.99. The van der Waals surface area contributed by atoms with Crippen molar-refractivity contribution in [1.82, 2.24) is 29.4 Å². The highest BCUT2D eigenvalue weighted by Gasteiger charge is 2.28. The van der Waals surface area contributed by atoms with E-state index in [0.29, 0.717) is 29.5 Å². The number of hydrogen-bond acceptors (Lipinski definition) is 5. The van der Waals surface area contributed by atoms with E-state index in [1.807, 2.05) is 24.7 Å². The Bertz CT molecular complexity index is 1250. The van der Waals surface area contributed by atoms with Crippen LogP contribution in [0.4, 0.5) is 10.2 Å². The van der Waals surface area contributed by atoms with Gasteiger partial charge in [0, 0.05) is 43.4 Å². The Morgan fingerprint density at radius 1 is 1.17 bits per heavy atom. The number of hydrogen-bond donors (Lipinski definition) is 0. The van der Waals surface area contributed by atoms with Crippen molar-refractivity contribution in [2.45, 2.75) is 39.7 Å². The molecule has 0 aliphatic carbocycles. The van der Waals surface area contributed by atoms with Crippen LogP contribution in [0, 0.1) is 12.7 Å². The first-order valence-electron chi connectivity index (χ1n) is 10.2. The molecule has 0 amide bonds. The van der Waals surface area contributed by atoms with Gasteiger partial charge in [0.15, 0.2) is 5.82 Å². The summed E-state index contributed by atoms with van der Waals surface area (Å²) >= 11 is 0. The molecule has 154 valence electrons. The molecule has 0 atom stereocenters. The molecule has 1 aliphatic rings. The minimum Gasteiger partial charge on any atom is -0.350 e. The smallest absolute Gasteiger partial charge is 0.159 e. The van der Waals surface area contributed by atoms with Gasteiger partial charge in [-0.1, -0.05) is 26.0 Å². The van der Waals surface area contributed by atoms with Gasteiger partial charge < -0.3 is 4.90 Å². The summed E-state index contributed by atoms with van der Waals surface area (Å²) in [5.74, 6) is 1.51. The Morgan fingerprint density at radius 3 is 2.73 bits per heavy atom. The highest BCUT2D eigenvalue weighted by atomic mass is 19.1. The molecule has 0 fully saturated rings. The van der Waals surface area contributed by atoms with E-state index in [9.17, 15) is 4.39 Å². The van der Waals surface area contributed by atoms with Gasteiger partial charge in [0.2, 0.25) is 0 Å². The number of imidazole rings is 1. The van der Waals surface area contributed by atoms with Gasteiger partial charge in [-0.2, -0.15) is 10.2 Å². The van der Waals surface area contributed by atoms with Gasteiger partial charge in [-0.25, -0.2) is 18.9 Å². The summed E-state index contributed by atoms with van der Waals surface area (Å²) in [5.41, 5.74) is 5.43. The number of aromatic nitrogens is 6. The quantitative estimate of drug-likeness (QED) is 0.521. The molecule has 0 bridgehead atoms. The maximum Gasteiger partial charge on any atom is 0.159 e. The SMILES string of the molecule is Cc1nc(-c2ccccc2F)c2c(N3CCc4c(c(C(C)C)nn4C)C3)ncnn12. The third-order valence-corrected chi connectivity index (χ3v) is 5.82. The van der Waals surface area contributed by atoms with Crippen LogP contribution in [0.15, 0.2) is 30.6 Å². The summed E-state index contributed by atoms with van der Waals surface area (Å²) in [6, 6.07) is 6.71. The zero-order chi connectivity index (χ0) is 21.0. The van der Waals surface area contributed by atoms with Gasteiger partial charge in [-0.15, -0.1) is 0 Å². The highest BCUT2D eigenvalue weighted by molar-refractivity contribution is 5.86. The molecule has 0 spiro atoms. The van der Waals surface area contributed by atoms with E-state index in [1.165, 1.54) is 17.3 Å². The van der Waals surface area contributed by atoms with Crippen LogP contribution in [0.25, 0.3) is 16.8 Å². The van der Waals surface area contributed by atoms with Gasteiger partial charge >= 0.3 is 0 Å². The summed E-state index contributed by atoms with van der Waals surface area (Å²) < 4.78 is 18.4. The number of benzene rings is 1. The fraction of sp³-hybridized carbons (Fsp3) is 0.364. The van der Waals surface area contributed by atoms with Crippen LogP contribution in [-0.2, 0) is 20.0 Å². The standard InChI is InChI=1S/C22H24FN7/c1-13(2)19-16-11-29(10-9-18(16)28(4)27-19)22-21-20(15-7-5-6-8-17(15)23)26-14(3)30(21)25-12-24-22/h5-8,12-13H,9-11H2,1-4H3. The fourth-order valence-electron chi connectivity index (χ4n) is 4.40. The van der Waals surface area contributed by atoms with Crippen LogP contribution in [0.1, 0.15) is 42.5 Å². The monoisotopic (exact) mass is 405 g/mol. The van der Waals surface area contributed by atoms with E-state index >= 15 is 0 Å². The van der Waals surface area contributed by atoms with Crippen molar-refractivity contribution in [3.05, 3.63) is 59.2 Å². The van der Waals surface area contributed by atoms with Crippen LogP contribution in [0.2, 0.25) is 0 Å². The predicted molar refractivity (Wildman–Crippen MR) is 113 cm³/mol. The van der Waals surface area contributed by atoms with E-state index in [4.69, 9.17) is 5.10 Å². The molecule has 0 N–H and O–H groups in total. The van der Waals surface area contributed by atoms with E-state index in [-0.39, 0.29) is 5.82 Å². The van der Waals surface area contributed by atoms with E-state index < -0.39 is 0 Å². The van der Waals surface area contributed by atoms with E-state index in [2.05, 4.69) is 33.8 Å². The molecule has 5 rings (SSSR count). The van der Waals surface area contributed by atoms with Crippen LogP contribution < -0.4 is 4.90 Å². The van der Waals surface area contributed by atoms with Gasteiger partial charge in [0.1, 0.15) is 29.2 Å². The number of halogens is 1. The Labute approximate surface area is 174 Å². The number of aryl methyl sites for hydroxylation is 2. The zero-order valence-corrected chi connectivity index (χ0v) is 17.6. The predicted octanol–water partition coefficient (Wildman–Crippen LogP) is 3.66. The van der Waals surface area contributed by atoms with Crippen molar-refractivity contribution >= 4 is 11.3 Å². The zero-order valence-electron chi connectivity index (χ0n) is 17.6. The van der Waals surface area contributed by atoms with Gasteiger partial charge in [0.05, 0.1) is 5.69 Å². The molecule has 8 heteroatoms. The second-order valence-corrected chi connectivity index (χ2v) is 8.09. The Kier molecular flexibility index (Phi) is 4.30. The topological polar surface area (TPSA) is 64.1 Å². The molecule has 1 aromatic carbocycles. The largest absolute Gasteiger partial charge is 0.350 e. The Balaban J connectivity index is 1.67. The molecular weight excluding hydrogens is 381 g/mol. The first-order valence-corrected chi connectivity index (χ1v) is 10.2. The Morgan fingerprint density at radius 2 is 1.97 bits per heavy atom. The van der Waals surface area contributed by atoms with Crippen molar-refractivity contribution in [3.63, 3.8) is 0 Å². The van der Waals surface area contributed by atoms with Crippen molar-refractivity contribution < 1.29 is 4.39 Å². The lowest BCUT2D eigenvalue weighted by molar-refractivity contribution is 0.631. The van der Waals surface area contributed by atoms with E-state index in [1.54, 1.807) is 23.0 Å². The summed E-state index contributed by atoms with van der Waals surface area (Å²) in [6.45, 7) is 7.73. The van der Waals surface area contributed by atoms with Gasteiger partial charge in [-0.05, 0) is 25.0 Å². The Hall–Kier alpha value is -3.29. The fourth-order valence-corrected chi connectivity index (χ4v) is 4.40. The molecule has 3 aromatic heterocycles. The maximum absolute atomic E-state index is 14.6. The summed E-state index contributed by atoms with van der Waals surface area (Å²) in [5, 5.41) is 9.14. The number of nitrogens with zero attached hydrogens (tertiary/aromatic N) is 7.